The number of aromatic hydroxyl groups is 1. The van der Waals surface area contributed by atoms with Crippen molar-refractivity contribution in [1.82, 2.24) is 0 Å². The first-order valence-corrected chi connectivity index (χ1v) is 16.3. The second kappa shape index (κ2) is 11.7. The number of phenols is 1. The van der Waals surface area contributed by atoms with Crippen LogP contribution < -0.4 is 14.7 Å². The second-order valence-electron chi connectivity index (χ2n) is 13.6. The van der Waals surface area contributed by atoms with Gasteiger partial charge in [-0.3, -0.25) is 39.4 Å². The molecule has 0 spiro atoms. The number of fused-ring (bicyclic) bond motifs is 4. The summed E-state index contributed by atoms with van der Waals surface area (Å²) in [5.74, 6) is -8.02. The van der Waals surface area contributed by atoms with E-state index >= 15 is 0 Å². The standard InChI is InChI=1S/C35H29ClFN5O9/c1-35-23(32(45)40(34(35)47)17-6-11-25(37)24(36)12-17)15-22-20(29(35)16-4-7-19(43)8-5-16)9-10-21-28(22)33(46)39(31(21)44)18-13-26(41(48)49)30(38(2)3)27(14-18)42(50)51/h4-9,11-14,21-23,28-29,43H,10,15H2,1-3H3. The predicted octanol–water partition coefficient (Wildman–Crippen LogP) is 5.50. The molecule has 3 aromatic rings. The van der Waals surface area contributed by atoms with E-state index in [-0.39, 0.29) is 40.7 Å². The van der Waals surface area contributed by atoms with Gasteiger partial charge in [-0.05, 0) is 61.6 Å². The first kappa shape index (κ1) is 33.8. The predicted molar refractivity (Wildman–Crippen MR) is 181 cm³/mol. The first-order valence-electron chi connectivity index (χ1n) is 15.9. The van der Waals surface area contributed by atoms with Crippen LogP contribution in [0.3, 0.4) is 0 Å². The Morgan fingerprint density at radius 3 is 2.08 bits per heavy atom. The van der Waals surface area contributed by atoms with Crippen LogP contribution in [0.4, 0.5) is 32.8 Å². The smallest absolute Gasteiger partial charge is 0.301 e. The highest BCUT2D eigenvalue weighted by atomic mass is 35.5. The van der Waals surface area contributed by atoms with Crippen LogP contribution in [0.1, 0.15) is 31.2 Å². The van der Waals surface area contributed by atoms with Crippen LogP contribution in [0.5, 0.6) is 5.75 Å². The summed E-state index contributed by atoms with van der Waals surface area (Å²) in [6, 6.07) is 11.5. The van der Waals surface area contributed by atoms with Gasteiger partial charge < -0.3 is 10.0 Å². The fraction of sp³-hybridized carbons (Fsp3) is 0.314. The number of nitro benzene ring substituents is 2. The zero-order valence-electron chi connectivity index (χ0n) is 27.3. The molecule has 2 aliphatic heterocycles. The van der Waals surface area contributed by atoms with E-state index in [0.717, 1.165) is 28.0 Å². The summed E-state index contributed by atoms with van der Waals surface area (Å²) in [6.07, 6.45) is 1.81. The number of allylic oxidation sites excluding steroid dienone is 2. The summed E-state index contributed by atoms with van der Waals surface area (Å²) >= 11 is 6.04. The molecule has 16 heteroatoms. The zero-order valence-corrected chi connectivity index (χ0v) is 28.0. The molecular weight excluding hydrogens is 689 g/mol. The van der Waals surface area contributed by atoms with Crippen molar-refractivity contribution < 1.29 is 38.5 Å². The average Bonchev–Trinajstić information content (AvgIpc) is 3.45. The monoisotopic (exact) mass is 717 g/mol. The Morgan fingerprint density at radius 1 is 0.882 bits per heavy atom. The minimum Gasteiger partial charge on any atom is -0.508 e. The van der Waals surface area contributed by atoms with Crippen LogP contribution in [0, 0.1) is 55.1 Å². The molecule has 0 bridgehead atoms. The highest BCUT2D eigenvalue weighted by molar-refractivity contribution is 6.32. The normalized spacial score (nSPS) is 26.8. The summed E-state index contributed by atoms with van der Waals surface area (Å²) in [5.41, 5.74) is -2.14. The molecule has 3 fully saturated rings. The Hall–Kier alpha value is -5.70. The molecule has 4 amide bonds. The topological polar surface area (TPSA) is 185 Å². The number of carbonyl (C=O) groups excluding carboxylic acids is 4. The molecule has 2 heterocycles. The number of hydrogen-bond acceptors (Lipinski definition) is 10. The van der Waals surface area contributed by atoms with Crippen molar-refractivity contribution in [3.05, 3.63) is 103 Å². The van der Waals surface area contributed by atoms with Gasteiger partial charge in [0.15, 0.2) is 5.69 Å². The Labute approximate surface area is 294 Å². The second-order valence-corrected chi connectivity index (χ2v) is 14.0. The third kappa shape index (κ3) is 4.82. The number of nitrogens with zero attached hydrogens (tertiary/aromatic N) is 5. The minimum absolute atomic E-state index is 0.0270. The van der Waals surface area contributed by atoms with Crippen LogP contribution in [-0.2, 0) is 19.2 Å². The summed E-state index contributed by atoms with van der Waals surface area (Å²) in [7, 11) is 2.79. The van der Waals surface area contributed by atoms with Crippen molar-refractivity contribution in [3.8, 4) is 5.75 Å². The molecule has 2 aliphatic carbocycles. The third-order valence-corrected chi connectivity index (χ3v) is 11.1. The van der Waals surface area contributed by atoms with Crippen molar-refractivity contribution in [2.24, 2.45) is 29.1 Å². The number of hydrogen-bond donors (Lipinski definition) is 1. The van der Waals surface area contributed by atoms with E-state index < -0.39 is 85.7 Å². The first-order chi connectivity index (χ1) is 24.1. The Morgan fingerprint density at radius 2 is 1.51 bits per heavy atom. The lowest BCUT2D eigenvalue weighted by atomic mass is 9.51. The number of halogens is 2. The lowest BCUT2D eigenvalue weighted by Gasteiger charge is -2.49. The van der Waals surface area contributed by atoms with E-state index in [1.54, 1.807) is 25.1 Å². The molecule has 7 rings (SSSR count). The lowest BCUT2D eigenvalue weighted by Crippen LogP contribution is -2.48. The van der Waals surface area contributed by atoms with Gasteiger partial charge in [-0.1, -0.05) is 35.4 Å². The summed E-state index contributed by atoms with van der Waals surface area (Å²) in [4.78, 5) is 82.6. The summed E-state index contributed by atoms with van der Waals surface area (Å²) in [6.45, 7) is 1.65. The number of benzene rings is 3. The number of phenolic OH excluding ortho intramolecular Hbond substituents is 1. The highest BCUT2D eigenvalue weighted by Crippen LogP contribution is 2.64. The van der Waals surface area contributed by atoms with E-state index in [0.29, 0.717) is 11.1 Å². The Bertz CT molecular complexity index is 2100. The number of amides is 4. The van der Waals surface area contributed by atoms with Crippen molar-refractivity contribution in [2.45, 2.75) is 25.7 Å². The molecule has 0 aromatic heterocycles. The number of carbonyl (C=O) groups is 4. The van der Waals surface area contributed by atoms with Crippen molar-refractivity contribution in [3.63, 3.8) is 0 Å². The Kier molecular flexibility index (Phi) is 7.74. The fourth-order valence-electron chi connectivity index (χ4n) is 8.64. The molecule has 2 saturated heterocycles. The number of nitro groups is 2. The van der Waals surface area contributed by atoms with Gasteiger partial charge in [0.25, 0.3) is 0 Å². The highest BCUT2D eigenvalue weighted by Gasteiger charge is 2.67. The van der Waals surface area contributed by atoms with E-state index in [2.05, 4.69) is 0 Å². The average molecular weight is 718 g/mol. The van der Waals surface area contributed by atoms with Crippen LogP contribution in [0.25, 0.3) is 0 Å². The van der Waals surface area contributed by atoms with Gasteiger partial charge in [0, 0.05) is 32.1 Å². The molecule has 51 heavy (non-hydrogen) atoms. The van der Waals surface area contributed by atoms with Gasteiger partial charge in [0.2, 0.25) is 23.6 Å². The number of anilines is 3. The molecule has 6 unspecified atom stereocenters. The molecule has 4 aliphatic rings. The molecule has 1 N–H and O–H groups in total. The molecule has 3 aromatic carbocycles. The van der Waals surface area contributed by atoms with Crippen molar-refractivity contribution in [2.75, 3.05) is 28.8 Å². The van der Waals surface area contributed by atoms with Crippen LogP contribution in [-0.4, -0.2) is 52.7 Å². The maximum atomic E-state index is 14.5. The number of imide groups is 2. The van der Waals surface area contributed by atoms with E-state index in [1.807, 2.05) is 0 Å². The lowest BCUT2D eigenvalue weighted by molar-refractivity contribution is -0.392. The fourth-order valence-corrected chi connectivity index (χ4v) is 8.82. The van der Waals surface area contributed by atoms with E-state index in [1.165, 1.54) is 43.3 Å². The van der Waals surface area contributed by atoms with Gasteiger partial charge in [-0.25, -0.2) is 14.2 Å². The van der Waals surface area contributed by atoms with Gasteiger partial charge >= 0.3 is 11.4 Å². The van der Waals surface area contributed by atoms with Gasteiger partial charge in [-0.2, -0.15) is 0 Å². The summed E-state index contributed by atoms with van der Waals surface area (Å²) in [5, 5.41) is 33.9. The van der Waals surface area contributed by atoms with Gasteiger partial charge in [0.1, 0.15) is 11.6 Å². The van der Waals surface area contributed by atoms with Crippen molar-refractivity contribution >= 4 is 63.7 Å². The SMILES string of the molecule is CN(C)c1c([N+](=O)[O-])cc(N2C(=O)C3CC=C4C(CC5C(=O)N(c6ccc(F)c(Cl)c6)C(=O)C5(C)C4c4ccc(O)cc4)C3C2=O)cc1[N+](=O)[O-]. The molecular formula is C35H29ClFN5O9. The van der Waals surface area contributed by atoms with Gasteiger partial charge in [0.05, 0.1) is 49.4 Å². The maximum absolute atomic E-state index is 14.5. The van der Waals surface area contributed by atoms with Crippen LogP contribution in [0.15, 0.2) is 66.2 Å². The summed E-state index contributed by atoms with van der Waals surface area (Å²) < 4.78 is 14.1. The molecule has 14 nitrogen and oxygen atoms in total. The largest absolute Gasteiger partial charge is 0.508 e. The van der Waals surface area contributed by atoms with Crippen LogP contribution in [0.2, 0.25) is 5.02 Å². The van der Waals surface area contributed by atoms with E-state index in [4.69, 9.17) is 11.6 Å². The third-order valence-electron chi connectivity index (χ3n) is 10.8. The van der Waals surface area contributed by atoms with E-state index in [9.17, 15) is 48.9 Å². The van der Waals surface area contributed by atoms with Gasteiger partial charge in [-0.15, -0.1) is 0 Å². The minimum atomic E-state index is -1.42. The van der Waals surface area contributed by atoms with Crippen molar-refractivity contribution in [1.29, 1.82) is 0 Å². The quantitative estimate of drug-likeness (QED) is 0.148. The number of rotatable bonds is 6. The molecule has 1 saturated carbocycles. The Balaban J connectivity index is 1.35. The molecule has 262 valence electrons. The molecule has 0 radical (unpaired) electrons. The molecule has 6 atom stereocenters. The van der Waals surface area contributed by atoms with Crippen LogP contribution >= 0.6 is 11.6 Å². The maximum Gasteiger partial charge on any atom is 0.301 e. The zero-order chi connectivity index (χ0) is 36.8.